The molecule has 0 saturated carbocycles. The molecular weight excluding hydrogens is 426 g/mol. The van der Waals surface area contributed by atoms with Gasteiger partial charge in [-0.2, -0.15) is 0 Å². The molecule has 0 bridgehead atoms. The number of ether oxygens (including phenoxy) is 3. The zero-order chi connectivity index (χ0) is 21.7. The highest BCUT2D eigenvalue weighted by Gasteiger charge is 2.26. The number of benzene rings is 3. The van der Waals surface area contributed by atoms with Crippen LogP contribution in [0.2, 0.25) is 5.02 Å². The van der Waals surface area contributed by atoms with Crippen molar-refractivity contribution in [2.75, 3.05) is 25.6 Å². The zero-order valence-electron chi connectivity index (χ0n) is 16.8. The monoisotopic (exact) mass is 447 g/mol. The van der Waals surface area contributed by atoms with Crippen LogP contribution in [-0.4, -0.2) is 29.7 Å². The number of hydrogen-bond acceptors (Lipinski definition) is 5. The van der Waals surface area contributed by atoms with Crippen LogP contribution >= 0.6 is 11.6 Å². The first-order valence-corrected chi connectivity index (χ1v) is 10.8. The second kappa shape index (κ2) is 9.28. The van der Waals surface area contributed by atoms with Gasteiger partial charge in [0.05, 0.1) is 38.5 Å². The predicted molar refractivity (Wildman–Crippen MR) is 117 cm³/mol. The van der Waals surface area contributed by atoms with Crippen LogP contribution in [-0.2, 0) is 16.6 Å². The number of methoxy groups -OCH3 is 3. The molecule has 0 aliphatic rings. The van der Waals surface area contributed by atoms with E-state index in [4.69, 9.17) is 25.8 Å². The number of sulfonamides is 1. The molecule has 0 aliphatic carbocycles. The van der Waals surface area contributed by atoms with Crippen LogP contribution in [0.5, 0.6) is 17.2 Å². The van der Waals surface area contributed by atoms with Gasteiger partial charge in [0.15, 0.2) is 0 Å². The second-order valence-electron chi connectivity index (χ2n) is 6.39. The molecular formula is C22H22ClNO5S. The zero-order valence-corrected chi connectivity index (χ0v) is 18.4. The topological polar surface area (TPSA) is 65.1 Å². The maximum absolute atomic E-state index is 13.5. The average molecular weight is 448 g/mol. The lowest BCUT2D eigenvalue weighted by Gasteiger charge is -2.25. The Morgan fingerprint density at radius 1 is 0.800 bits per heavy atom. The molecule has 30 heavy (non-hydrogen) atoms. The highest BCUT2D eigenvalue weighted by Crippen LogP contribution is 2.31. The third-order valence-electron chi connectivity index (χ3n) is 4.48. The van der Waals surface area contributed by atoms with Crippen LogP contribution in [0.4, 0.5) is 5.69 Å². The Labute approximate surface area is 181 Å². The Kier molecular flexibility index (Phi) is 6.74. The molecule has 0 aliphatic heterocycles. The molecule has 0 amide bonds. The predicted octanol–water partition coefficient (Wildman–Crippen LogP) is 4.76. The molecule has 0 radical (unpaired) electrons. The number of halogens is 1. The molecule has 0 heterocycles. The van der Waals surface area contributed by atoms with Gasteiger partial charge in [-0.05, 0) is 54.1 Å². The van der Waals surface area contributed by atoms with E-state index < -0.39 is 10.0 Å². The van der Waals surface area contributed by atoms with Gasteiger partial charge in [-0.3, -0.25) is 4.31 Å². The fourth-order valence-corrected chi connectivity index (χ4v) is 4.51. The summed E-state index contributed by atoms with van der Waals surface area (Å²) in [6.07, 6.45) is 0. The molecule has 0 spiro atoms. The lowest BCUT2D eigenvalue weighted by atomic mass is 10.2. The molecule has 0 aromatic heterocycles. The van der Waals surface area contributed by atoms with Gasteiger partial charge in [0.2, 0.25) is 0 Å². The Bertz CT molecular complexity index is 1090. The third-order valence-corrected chi connectivity index (χ3v) is 6.52. The van der Waals surface area contributed by atoms with E-state index in [9.17, 15) is 8.42 Å². The van der Waals surface area contributed by atoms with Crippen LogP contribution in [0.15, 0.2) is 71.6 Å². The van der Waals surface area contributed by atoms with Gasteiger partial charge in [0.1, 0.15) is 17.2 Å². The number of nitrogens with zero attached hydrogens (tertiary/aromatic N) is 1. The number of hydrogen-bond donors (Lipinski definition) is 0. The van der Waals surface area contributed by atoms with Crippen molar-refractivity contribution in [1.82, 2.24) is 0 Å². The minimum Gasteiger partial charge on any atom is -0.497 e. The Balaban J connectivity index is 2.11. The Morgan fingerprint density at radius 3 is 1.97 bits per heavy atom. The molecule has 3 rings (SSSR count). The van der Waals surface area contributed by atoms with E-state index in [1.807, 2.05) is 0 Å². The maximum Gasteiger partial charge on any atom is 0.264 e. The van der Waals surface area contributed by atoms with Gasteiger partial charge in [-0.15, -0.1) is 0 Å². The first-order valence-electron chi connectivity index (χ1n) is 9.01. The van der Waals surface area contributed by atoms with E-state index in [2.05, 4.69) is 0 Å². The molecule has 6 nitrogen and oxygen atoms in total. The molecule has 0 unspecified atom stereocenters. The summed E-state index contributed by atoms with van der Waals surface area (Å²) in [5.41, 5.74) is 1.16. The molecule has 3 aromatic rings. The van der Waals surface area contributed by atoms with E-state index in [1.165, 1.54) is 23.5 Å². The first-order chi connectivity index (χ1) is 14.4. The number of rotatable bonds is 8. The van der Waals surface area contributed by atoms with Crippen LogP contribution in [0, 0.1) is 0 Å². The van der Waals surface area contributed by atoms with Gasteiger partial charge < -0.3 is 14.2 Å². The van der Waals surface area contributed by atoms with Crippen molar-refractivity contribution in [3.05, 3.63) is 77.3 Å². The molecule has 8 heteroatoms. The standard InChI is InChI=1S/C22H22ClNO5S/c1-27-19-6-4-5-18(13-19)24(30(25,26)22-9-7-17(23)8-10-22)15-16-11-20(28-2)14-21(12-16)29-3/h4-14H,15H2,1-3H3. The highest BCUT2D eigenvalue weighted by atomic mass is 35.5. The van der Waals surface area contributed by atoms with Crippen LogP contribution < -0.4 is 18.5 Å². The molecule has 3 aromatic carbocycles. The van der Waals surface area contributed by atoms with Crippen molar-refractivity contribution < 1.29 is 22.6 Å². The highest BCUT2D eigenvalue weighted by molar-refractivity contribution is 7.92. The molecule has 0 fully saturated rings. The number of anilines is 1. The average Bonchev–Trinajstić information content (AvgIpc) is 2.77. The van der Waals surface area contributed by atoms with Crippen molar-refractivity contribution in [2.45, 2.75) is 11.4 Å². The smallest absolute Gasteiger partial charge is 0.264 e. The largest absolute Gasteiger partial charge is 0.497 e. The van der Waals surface area contributed by atoms with Gasteiger partial charge in [-0.1, -0.05) is 17.7 Å². The Hall–Kier alpha value is -2.90. The van der Waals surface area contributed by atoms with Crippen molar-refractivity contribution in [3.63, 3.8) is 0 Å². The summed E-state index contributed by atoms with van der Waals surface area (Å²) < 4.78 is 44.3. The fraction of sp³-hybridized carbons (Fsp3) is 0.182. The molecule has 0 N–H and O–H groups in total. The molecule has 0 atom stereocenters. The summed E-state index contributed by atoms with van der Waals surface area (Å²) in [5.74, 6) is 1.68. The van der Waals surface area contributed by atoms with E-state index >= 15 is 0 Å². The summed E-state index contributed by atoms with van der Waals surface area (Å²) in [7, 11) is 0.725. The molecule has 0 saturated heterocycles. The van der Waals surface area contributed by atoms with Crippen molar-refractivity contribution in [1.29, 1.82) is 0 Å². The quantitative estimate of drug-likeness (QED) is 0.498. The fourth-order valence-electron chi connectivity index (χ4n) is 2.94. The van der Waals surface area contributed by atoms with E-state index in [0.29, 0.717) is 33.5 Å². The van der Waals surface area contributed by atoms with Crippen molar-refractivity contribution in [3.8, 4) is 17.2 Å². The minimum atomic E-state index is -3.90. The second-order valence-corrected chi connectivity index (χ2v) is 8.69. The van der Waals surface area contributed by atoms with E-state index in [-0.39, 0.29) is 11.4 Å². The summed E-state index contributed by atoms with van der Waals surface area (Å²) >= 11 is 5.94. The van der Waals surface area contributed by atoms with Gasteiger partial charge in [0, 0.05) is 17.2 Å². The van der Waals surface area contributed by atoms with Crippen LogP contribution in [0.3, 0.4) is 0 Å². The van der Waals surface area contributed by atoms with Crippen molar-refractivity contribution in [2.24, 2.45) is 0 Å². The lowest BCUT2D eigenvalue weighted by Crippen LogP contribution is -2.30. The lowest BCUT2D eigenvalue weighted by molar-refractivity contribution is 0.393. The van der Waals surface area contributed by atoms with E-state index in [0.717, 1.165) is 0 Å². The maximum atomic E-state index is 13.5. The first kappa shape index (κ1) is 21.8. The normalized spacial score (nSPS) is 11.1. The third kappa shape index (κ3) is 4.80. The molecule has 158 valence electrons. The van der Waals surface area contributed by atoms with Gasteiger partial charge >= 0.3 is 0 Å². The van der Waals surface area contributed by atoms with Gasteiger partial charge in [-0.25, -0.2) is 8.42 Å². The Morgan fingerprint density at radius 2 is 1.40 bits per heavy atom. The van der Waals surface area contributed by atoms with Crippen LogP contribution in [0.25, 0.3) is 0 Å². The summed E-state index contributed by atoms with van der Waals surface area (Å²) in [6, 6.07) is 18.2. The van der Waals surface area contributed by atoms with Crippen molar-refractivity contribution >= 4 is 27.3 Å². The van der Waals surface area contributed by atoms with E-state index in [1.54, 1.807) is 68.8 Å². The summed E-state index contributed by atoms with van der Waals surface area (Å²) in [5, 5.41) is 0.458. The summed E-state index contributed by atoms with van der Waals surface area (Å²) in [4.78, 5) is 0.129. The SMILES string of the molecule is COc1cc(CN(c2cccc(OC)c2)S(=O)(=O)c2ccc(Cl)cc2)cc(OC)c1. The summed E-state index contributed by atoms with van der Waals surface area (Å²) in [6.45, 7) is 0.0612. The van der Waals surface area contributed by atoms with Crippen LogP contribution in [0.1, 0.15) is 5.56 Å². The minimum absolute atomic E-state index is 0.0612. The van der Waals surface area contributed by atoms with Gasteiger partial charge in [0.25, 0.3) is 10.0 Å².